The first kappa shape index (κ1) is 31.6. The molecule has 0 aliphatic heterocycles. The minimum atomic E-state index is -3.56. The molecule has 1 aliphatic rings. The van der Waals surface area contributed by atoms with Crippen LogP contribution in [-0.2, 0) is 32.6 Å². The third kappa shape index (κ3) is 8.82. The molecular formula is C33H40ClN3O4S. The molecule has 1 aliphatic carbocycles. The summed E-state index contributed by atoms with van der Waals surface area (Å²) in [5, 5.41) is 3.72. The number of carbonyl (C=O) groups is 2. The molecule has 0 spiro atoms. The molecule has 0 radical (unpaired) electrons. The molecule has 7 nitrogen and oxygen atoms in total. The van der Waals surface area contributed by atoms with E-state index in [4.69, 9.17) is 11.6 Å². The number of hydrogen-bond donors (Lipinski definition) is 1. The third-order valence-electron chi connectivity index (χ3n) is 7.75. The maximum atomic E-state index is 14.0. The summed E-state index contributed by atoms with van der Waals surface area (Å²) in [6, 6.07) is 23.6. The van der Waals surface area contributed by atoms with E-state index >= 15 is 0 Å². The van der Waals surface area contributed by atoms with E-state index in [2.05, 4.69) is 5.32 Å². The Hall–Kier alpha value is -3.36. The number of nitrogens with one attached hydrogen (secondary N) is 1. The van der Waals surface area contributed by atoms with Gasteiger partial charge in [-0.05, 0) is 55.5 Å². The van der Waals surface area contributed by atoms with Crippen LogP contribution in [0.5, 0.6) is 0 Å². The minimum Gasteiger partial charge on any atom is -0.352 e. The molecule has 0 unspecified atom stereocenters. The lowest BCUT2D eigenvalue weighted by Gasteiger charge is -2.33. The van der Waals surface area contributed by atoms with Gasteiger partial charge in [-0.15, -0.1) is 0 Å². The Labute approximate surface area is 254 Å². The molecule has 0 saturated heterocycles. The number of hydrogen-bond acceptors (Lipinski definition) is 4. The third-order valence-corrected chi connectivity index (χ3v) is 9.31. The SMILES string of the molecule is Cc1ccc(N(CCCC(=O)N(Cc2ccccc2Cl)[C@@H](Cc2ccccc2)C(=O)NC2CCCC2)S(C)(=O)=O)cc1. The molecule has 3 aromatic rings. The van der Waals surface area contributed by atoms with E-state index in [1.165, 1.54) is 10.6 Å². The lowest BCUT2D eigenvalue weighted by molar-refractivity contribution is -0.141. The van der Waals surface area contributed by atoms with Gasteiger partial charge in [-0.1, -0.05) is 90.7 Å². The molecule has 0 aromatic heterocycles. The van der Waals surface area contributed by atoms with Crippen molar-refractivity contribution in [3.8, 4) is 0 Å². The monoisotopic (exact) mass is 609 g/mol. The van der Waals surface area contributed by atoms with Crippen LogP contribution in [0.1, 0.15) is 55.2 Å². The predicted octanol–water partition coefficient (Wildman–Crippen LogP) is 5.89. The normalized spacial score (nSPS) is 14.4. The summed E-state index contributed by atoms with van der Waals surface area (Å²) in [4.78, 5) is 29.4. The van der Waals surface area contributed by atoms with Gasteiger partial charge in [-0.2, -0.15) is 0 Å². The molecule has 0 heterocycles. The predicted molar refractivity (Wildman–Crippen MR) is 169 cm³/mol. The molecule has 1 fully saturated rings. The molecule has 9 heteroatoms. The molecule has 1 N–H and O–H groups in total. The first-order chi connectivity index (χ1) is 20.1. The maximum Gasteiger partial charge on any atom is 0.243 e. The zero-order valence-corrected chi connectivity index (χ0v) is 25.9. The number of amides is 2. The van der Waals surface area contributed by atoms with E-state index in [-0.39, 0.29) is 37.4 Å². The zero-order valence-electron chi connectivity index (χ0n) is 24.3. The van der Waals surface area contributed by atoms with Gasteiger partial charge >= 0.3 is 0 Å². The number of rotatable bonds is 13. The molecule has 3 aromatic carbocycles. The van der Waals surface area contributed by atoms with E-state index in [1.807, 2.05) is 67.6 Å². The number of halogens is 1. The van der Waals surface area contributed by atoms with Gasteiger partial charge in [0.05, 0.1) is 11.9 Å². The van der Waals surface area contributed by atoms with E-state index in [9.17, 15) is 18.0 Å². The fraction of sp³-hybridized carbons (Fsp3) is 0.394. The van der Waals surface area contributed by atoms with Crippen molar-refractivity contribution in [1.29, 1.82) is 0 Å². The summed E-state index contributed by atoms with van der Waals surface area (Å²) >= 11 is 6.52. The topological polar surface area (TPSA) is 86.8 Å². The number of anilines is 1. The van der Waals surface area contributed by atoms with Gasteiger partial charge in [0.25, 0.3) is 0 Å². The second kappa shape index (κ2) is 14.7. The summed E-state index contributed by atoms with van der Waals surface area (Å²) < 4.78 is 26.6. The molecule has 224 valence electrons. The lowest BCUT2D eigenvalue weighted by Crippen LogP contribution is -2.52. The number of sulfonamides is 1. The highest BCUT2D eigenvalue weighted by Gasteiger charge is 2.32. The molecule has 42 heavy (non-hydrogen) atoms. The van der Waals surface area contributed by atoms with Crippen molar-refractivity contribution in [3.05, 3.63) is 101 Å². The molecule has 4 rings (SSSR count). The van der Waals surface area contributed by atoms with Crippen LogP contribution in [0.3, 0.4) is 0 Å². The van der Waals surface area contributed by atoms with Gasteiger partial charge in [0.15, 0.2) is 0 Å². The van der Waals surface area contributed by atoms with Crippen molar-refractivity contribution >= 4 is 39.1 Å². The number of carbonyl (C=O) groups excluding carboxylic acids is 2. The van der Waals surface area contributed by atoms with Gasteiger partial charge < -0.3 is 10.2 Å². The minimum absolute atomic E-state index is 0.0737. The largest absolute Gasteiger partial charge is 0.352 e. The maximum absolute atomic E-state index is 14.0. The number of aryl methyl sites for hydroxylation is 1. The molecule has 2 amide bonds. The average Bonchev–Trinajstić information content (AvgIpc) is 3.47. The van der Waals surface area contributed by atoms with Gasteiger partial charge in [-0.25, -0.2) is 8.42 Å². The van der Waals surface area contributed by atoms with Crippen LogP contribution in [0.2, 0.25) is 5.02 Å². The first-order valence-corrected chi connectivity index (χ1v) is 16.8. The quantitative estimate of drug-likeness (QED) is 0.262. The first-order valence-electron chi connectivity index (χ1n) is 14.5. The summed E-state index contributed by atoms with van der Waals surface area (Å²) in [5.74, 6) is -0.404. The van der Waals surface area contributed by atoms with Crippen molar-refractivity contribution < 1.29 is 18.0 Å². The van der Waals surface area contributed by atoms with Crippen molar-refractivity contribution in [2.45, 2.75) is 70.5 Å². The highest BCUT2D eigenvalue weighted by molar-refractivity contribution is 7.92. The van der Waals surface area contributed by atoms with Gasteiger partial charge in [0.1, 0.15) is 6.04 Å². The Morgan fingerprint density at radius 1 is 0.952 bits per heavy atom. The molecule has 1 saturated carbocycles. The highest BCUT2D eigenvalue weighted by Crippen LogP contribution is 2.24. The second-order valence-electron chi connectivity index (χ2n) is 11.1. The van der Waals surface area contributed by atoms with Crippen molar-refractivity contribution in [3.63, 3.8) is 0 Å². The fourth-order valence-electron chi connectivity index (χ4n) is 5.45. The summed E-state index contributed by atoms with van der Waals surface area (Å²) in [5.41, 5.74) is 3.28. The van der Waals surface area contributed by atoms with Crippen LogP contribution in [0.15, 0.2) is 78.9 Å². The Balaban J connectivity index is 1.59. The van der Waals surface area contributed by atoms with Crippen LogP contribution < -0.4 is 9.62 Å². The Morgan fingerprint density at radius 3 is 2.24 bits per heavy atom. The standard InChI is InChI=1S/C33H40ClN3O4S/c1-25-18-20-29(21-19-25)37(42(2,40)41)22-10-17-32(38)36(24-27-13-6-9-16-30(27)34)31(23-26-11-4-3-5-12-26)33(39)35-28-14-7-8-15-28/h3-6,9,11-13,16,18-21,28,31H,7-8,10,14-15,17,22-24H2,1-2H3,(H,35,39)/t31-/m0/s1. The van der Waals surface area contributed by atoms with Crippen LogP contribution in [-0.4, -0.2) is 50.0 Å². The van der Waals surface area contributed by atoms with E-state index in [0.29, 0.717) is 23.6 Å². The highest BCUT2D eigenvalue weighted by atomic mass is 35.5. The molecule has 1 atom stereocenters. The summed E-state index contributed by atoms with van der Waals surface area (Å²) in [7, 11) is -3.56. The van der Waals surface area contributed by atoms with Crippen molar-refractivity contribution in [2.24, 2.45) is 0 Å². The van der Waals surface area contributed by atoms with Crippen LogP contribution in [0.4, 0.5) is 5.69 Å². The van der Waals surface area contributed by atoms with Gasteiger partial charge in [-0.3, -0.25) is 13.9 Å². The van der Waals surface area contributed by atoms with E-state index < -0.39 is 16.1 Å². The van der Waals surface area contributed by atoms with Crippen LogP contribution in [0, 0.1) is 6.92 Å². The van der Waals surface area contributed by atoms with E-state index in [0.717, 1.165) is 42.4 Å². The molecular weight excluding hydrogens is 570 g/mol. The van der Waals surface area contributed by atoms with Crippen molar-refractivity contribution in [2.75, 3.05) is 17.1 Å². The Bertz CT molecular complexity index is 1440. The Kier molecular flexibility index (Phi) is 11.0. The van der Waals surface area contributed by atoms with Crippen LogP contribution >= 0.6 is 11.6 Å². The van der Waals surface area contributed by atoms with E-state index in [1.54, 1.807) is 23.1 Å². The number of nitrogens with zero attached hydrogens (tertiary/aromatic N) is 2. The second-order valence-corrected chi connectivity index (χ2v) is 13.4. The van der Waals surface area contributed by atoms with Crippen molar-refractivity contribution in [1.82, 2.24) is 10.2 Å². The average molecular weight is 610 g/mol. The Morgan fingerprint density at radius 2 is 1.60 bits per heavy atom. The zero-order chi connectivity index (χ0) is 30.1. The van der Waals surface area contributed by atoms with Gasteiger partial charge in [0, 0.05) is 37.0 Å². The summed E-state index contributed by atoms with van der Waals surface area (Å²) in [6.07, 6.45) is 5.91. The molecule has 0 bridgehead atoms. The van der Waals surface area contributed by atoms with Crippen LogP contribution in [0.25, 0.3) is 0 Å². The fourth-order valence-corrected chi connectivity index (χ4v) is 6.61. The number of benzene rings is 3. The smallest absolute Gasteiger partial charge is 0.243 e. The lowest BCUT2D eigenvalue weighted by atomic mass is 10.0. The summed E-state index contributed by atoms with van der Waals surface area (Å²) in [6.45, 7) is 2.25. The van der Waals surface area contributed by atoms with Gasteiger partial charge in [0.2, 0.25) is 21.8 Å².